The number of aromatic hydroxyl groups is 1. The maximum atomic E-state index is 14.0. The molecule has 0 unspecified atom stereocenters. The molecule has 1 rings (SSSR count). The van der Waals surface area contributed by atoms with Crippen molar-refractivity contribution in [2.75, 3.05) is 26.7 Å². The van der Waals surface area contributed by atoms with Gasteiger partial charge in [-0.25, -0.2) is 0 Å². The molecule has 0 spiro atoms. The van der Waals surface area contributed by atoms with Gasteiger partial charge in [-0.05, 0) is 75.5 Å². The largest absolute Gasteiger partial charge is 0.508 e. The molecule has 63 heavy (non-hydrogen) atoms. The first-order valence-corrected chi connectivity index (χ1v) is 21.0. The standard InChI is InChI=1S/C40H71N15O8/c1-6-9-28(52-35(60)29(11-8-19-49-40(46)47)51-33(58)23(4)55(5)38(63)26(42)10-7-18-48-39(44)45)34(59)53-30(20-24-13-15-25(56)16-14-24)36(61)54-31(21-41)37(62)50-27(32(43)57)17-12-22(2)3/h13-16,22-23,26-31,56H,6-12,17-21,41-42H2,1-5H3,(H2,43,57)(H,50,62)(H,51,58)(H,52,60)(H,53,59)(H,54,61)(H4,44,45,48)(H4,46,47,49)/t23-,26-,27-,28-,29-,30-,31-/m0/s1. The number of hydrogen-bond donors (Lipinski definition) is 13. The van der Waals surface area contributed by atoms with E-state index in [9.17, 15) is 38.7 Å². The van der Waals surface area contributed by atoms with Crippen LogP contribution in [0.3, 0.4) is 0 Å². The van der Waals surface area contributed by atoms with Gasteiger partial charge < -0.3 is 76.7 Å². The van der Waals surface area contributed by atoms with Crippen molar-refractivity contribution < 1.29 is 38.7 Å². The molecule has 0 radical (unpaired) electrons. The molecule has 1 aromatic rings. The zero-order valence-corrected chi connectivity index (χ0v) is 37.1. The average molecular weight is 890 g/mol. The van der Waals surface area contributed by atoms with Gasteiger partial charge >= 0.3 is 0 Å². The molecule has 0 aliphatic carbocycles. The van der Waals surface area contributed by atoms with Crippen molar-refractivity contribution in [2.24, 2.45) is 56.0 Å². The fraction of sp³-hybridized carbons (Fsp3) is 0.625. The molecule has 7 atom stereocenters. The van der Waals surface area contributed by atoms with Crippen LogP contribution in [0.25, 0.3) is 0 Å². The summed E-state index contributed by atoms with van der Waals surface area (Å²) in [6, 6.07) is -2.31. The SMILES string of the molecule is CCC[C@H](NC(=O)[C@H](CCCN=C(N)N)NC(=O)[C@H](C)N(C)C(=O)[C@@H](N)CCCN=C(N)N)C(=O)N[C@@H](Cc1ccc(O)cc1)C(=O)N[C@@H](CN)C(=O)N[C@@H](CCC(C)C)C(N)=O. The fourth-order valence-corrected chi connectivity index (χ4v) is 6.08. The number of guanidine groups is 2. The van der Waals surface area contributed by atoms with Crippen molar-refractivity contribution in [2.45, 2.75) is 128 Å². The number of phenols is 1. The summed E-state index contributed by atoms with van der Waals surface area (Å²) in [7, 11) is 1.40. The Hall–Kier alpha value is -6.23. The lowest BCUT2D eigenvalue weighted by Gasteiger charge is -2.29. The molecule has 7 amide bonds. The van der Waals surface area contributed by atoms with Crippen LogP contribution in [0.1, 0.15) is 84.6 Å². The smallest absolute Gasteiger partial charge is 0.244 e. The van der Waals surface area contributed by atoms with Gasteiger partial charge in [0.25, 0.3) is 0 Å². The first-order chi connectivity index (χ1) is 29.6. The Morgan fingerprint density at radius 3 is 1.60 bits per heavy atom. The fourth-order valence-electron chi connectivity index (χ4n) is 6.08. The minimum Gasteiger partial charge on any atom is -0.508 e. The maximum absolute atomic E-state index is 14.0. The minimum absolute atomic E-state index is 0.0199. The number of benzene rings is 1. The summed E-state index contributed by atoms with van der Waals surface area (Å²) in [5.74, 6) is -5.16. The Kier molecular flexibility index (Phi) is 24.7. The summed E-state index contributed by atoms with van der Waals surface area (Å²) in [6.45, 7) is 7.13. The molecule has 354 valence electrons. The van der Waals surface area contributed by atoms with Crippen molar-refractivity contribution in [3.8, 4) is 5.75 Å². The molecule has 23 nitrogen and oxygen atoms in total. The molecule has 23 heteroatoms. The Morgan fingerprint density at radius 2 is 1.10 bits per heavy atom. The van der Waals surface area contributed by atoms with Gasteiger partial charge in [0.15, 0.2) is 11.9 Å². The molecule has 0 aliphatic rings. The summed E-state index contributed by atoms with van der Waals surface area (Å²) in [5.41, 5.74) is 39.6. The summed E-state index contributed by atoms with van der Waals surface area (Å²) in [4.78, 5) is 103. The van der Waals surface area contributed by atoms with Gasteiger partial charge in [-0.1, -0.05) is 39.3 Å². The highest BCUT2D eigenvalue weighted by Gasteiger charge is 2.33. The number of carbonyl (C=O) groups excluding carboxylic acids is 7. The highest BCUT2D eigenvalue weighted by Crippen LogP contribution is 2.13. The van der Waals surface area contributed by atoms with Gasteiger partial charge in [0, 0.05) is 33.1 Å². The summed E-state index contributed by atoms with van der Waals surface area (Å²) < 4.78 is 0. The molecule has 1 aromatic carbocycles. The summed E-state index contributed by atoms with van der Waals surface area (Å²) in [6.07, 6.45) is 2.14. The van der Waals surface area contributed by atoms with Crippen molar-refractivity contribution in [3.63, 3.8) is 0 Å². The second-order valence-corrected chi connectivity index (χ2v) is 15.7. The number of phenolic OH excluding ortho intramolecular Hbond substituents is 1. The van der Waals surface area contributed by atoms with Gasteiger partial charge in [0.1, 0.15) is 42.0 Å². The summed E-state index contributed by atoms with van der Waals surface area (Å²) >= 11 is 0. The predicted molar refractivity (Wildman–Crippen MR) is 239 cm³/mol. The van der Waals surface area contributed by atoms with Crippen LogP contribution in [0.4, 0.5) is 0 Å². The lowest BCUT2D eigenvalue weighted by molar-refractivity contribution is -0.140. The number of likely N-dealkylation sites (N-methyl/N-ethyl adjacent to an activating group) is 1. The van der Waals surface area contributed by atoms with Crippen LogP contribution in [0, 0.1) is 5.92 Å². The lowest BCUT2D eigenvalue weighted by Crippen LogP contribution is -2.61. The number of nitrogens with zero attached hydrogens (tertiary/aromatic N) is 3. The van der Waals surface area contributed by atoms with E-state index in [4.69, 9.17) is 40.1 Å². The summed E-state index contributed by atoms with van der Waals surface area (Å²) in [5, 5.41) is 23.0. The van der Waals surface area contributed by atoms with Gasteiger partial charge in [-0.2, -0.15) is 0 Å². The zero-order valence-electron chi connectivity index (χ0n) is 37.1. The van der Waals surface area contributed by atoms with Crippen LogP contribution in [-0.4, -0.2) is 132 Å². The number of primary amides is 1. The minimum atomic E-state index is -1.34. The lowest BCUT2D eigenvalue weighted by atomic mass is 10.0. The number of amides is 7. The van der Waals surface area contributed by atoms with E-state index >= 15 is 0 Å². The van der Waals surface area contributed by atoms with Crippen LogP contribution in [0.5, 0.6) is 5.75 Å². The van der Waals surface area contributed by atoms with Crippen molar-refractivity contribution in [1.29, 1.82) is 0 Å². The quantitative estimate of drug-likeness (QED) is 0.0209. The first kappa shape index (κ1) is 54.8. The molecule has 0 aliphatic heterocycles. The zero-order chi connectivity index (χ0) is 47.8. The molecule has 0 fully saturated rings. The normalized spacial score (nSPS) is 14.3. The molecule has 20 N–H and O–H groups in total. The van der Waals surface area contributed by atoms with Gasteiger partial charge in [0.05, 0.1) is 6.04 Å². The van der Waals surface area contributed by atoms with Gasteiger partial charge in [-0.15, -0.1) is 0 Å². The molecule has 0 heterocycles. The Labute approximate surface area is 368 Å². The second-order valence-electron chi connectivity index (χ2n) is 15.7. The maximum Gasteiger partial charge on any atom is 0.244 e. The van der Waals surface area contributed by atoms with Crippen LogP contribution < -0.4 is 66.7 Å². The number of nitrogens with one attached hydrogen (secondary N) is 5. The van der Waals surface area contributed by atoms with Crippen LogP contribution in [0.15, 0.2) is 34.3 Å². The van der Waals surface area contributed by atoms with E-state index in [1.54, 1.807) is 6.92 Å². The second kappa shape index (κ2) is 28.4. The van der Waals surface area contributed by atoms with Crippen LogP contribution >= 0.6 is 0 Å². The Balaban J connectivity index is 3.33. The van der Waals surface area contributed by atoms with E-state index in [0.29, 0.717) is 24.8 Å². The Bertz CT molecular complexity index is 1720. The third kappa shape index (κ3) is 20.9. The van der Waals surface area contributed by atoms with Crippen LogP contribution in [0.2, 0.25) is 0 Å². The van der Waals surface area contributed by atoms with E-state index in [2.05, 4.69) is 36.6 Å². The van der Waals surface area contributed by atoms with E-state index in [1.807, 2.05) is 13.8 Å². The third-order valence-electron chi connectivity index (χ3n) is 9.95. The van der Waals surface area contributed by atoms with E-state index in [0.717, 1.165) is 4.90 Å². The van der Waals surface area contributed by atoms with Gasteiger partial charge in [-0.3, -0.25) is 43.5 Å². The number of carbonyl (C=O) groups is 7. The van der Waals surface area contributed by atoms with E-state index in [-0.39, 0.29) is 81.7 Å². The third-order valence-corrected chi connectivity index (χ3v) is 9.95. The molecule has 0 bridgehead atoms. The Morgan fingerprint density at radius 1 is 0.635 bits per heavy atom. The monoisotopic (exact) mass is 890 g/mol. The van der Waals surface area contributed by atoms with Crippen molar-refractivity contribution in [1.82, 2.24) is 31.5 Å². The topological polar surface area (TPSA) is 410 Å². The molecule has 0 aromatic heterocycles. The average Bonchev–Trinajstić information content (AvgIpc) is 3.22. The molecule has 0 saturated heterocycles. The first-order valence-electron chi connectivity index (χ1n) is 21.0. The highest BCUT2D eigenvalue weighted by molar-refractivity contribution is 5.97. The number of hydrogen-bond acceptors (Lipinski definition) is 12. The van der Waals surface area contributed by atoms with Gasteiger partial charge in [0.2, 0.25) is 41.4 Å². The highest BCUT2D eigenvalue weighted by atomic mass is 16.3. The molecule has 0 saturated carbocycles. The number of rotatable bonds is 29. The molecular weight excluding hydrogens is 819 g/mol. The van der Waals surface area contributed by atoms with E-state index in [1.165, 1.54) is 38.2 Å². The predicted octanol–water partition coefficient (Wildman–Crippen LogP) is -3.68. The number of aliphatic imine (C=N–C) groups is 2. The van der Waals surface area contributed by atoms with Crippen molar-refractivity contribution >= 4 is 53.3 Å². The van der Waals surface area contributed by atoms with Crippen LogP contribution in [-0.2, 0) is 40.0 Å². The van der Waals surface area contributed by atoms with E-state index < -0.39 is 83.6 Å². The molecular formula is C40H71N15O8. The number of nitrogens with two attached hydrogens (primary N) is 7. The van der Waals surface area contributed by atoms with Crippen molar-refractivity contribution in [3.05, 3.63) is 29.8 Å².